The third-order valence-electron chi connectivity index (χ3n) is 6.33. The minimum absolute atomic E-state index is 0.0574. The normalized spacial score (nSPS) is 20.0. The van der Waals surface area contributed by atoms with Gasteiger partial charge in [0.1, 0.15) is 11.6 Å². The second-order valence-corrected chi connectivity index (χ2v) is 8.55. The lowest BCUT2D eigenvalue weighted by molar-refractivity contribution is 0.137. The number of hydrogen-bond acceptors (Lipinski definition) is 5. The first kappa shape index (κ1) is 22.1. The molecule has 2 heterocycles. The monoisotopic (exact) mass is 437 g/mol. The number of para-hydroxylation sites is 1. The molecule has 0 bridgehead atoms. The van der Waals surface area contributed by atoms with Crippen molar-refractivity contribution in [1.29, 1.82) is 0 Å². The number of likely N-dealkylation sites (tertiary alicyclic amines) is 1. The molecule has 1 saturated heterocycles. The molecule has 170 valence electrons. The molecule has 2 aromatic rings. The number of nitrogens with two attached hydrogens (primary N) is 2. The minimum atomic E-state index is -1.29. The lowest BCUT2D eigenvalue weighted by Crippen LogP contribution is -2.39. The summed E-state index contributed by atoms with van der Waals surface area (Å²) < 4.78 is 6.13. The Morgan fingerprint density at radius 2 is 2.00 bits per heavy atom. The van der Waals surface area contributed by atoms with Crippen LogP contribution in [0.15, 0.2) is 47.5 Å². The fraction of sp³-hybridized carbons (Fsp3) is 0.417. The number of nitrogens with one attached hydrogen (secondary N) is 1. The molecule has 4 rings (SSSR count). The molecule has 2 aromatic carbocycles. The Morgan fingerprint density at radius 3 is 2.75 bits per heavy atom. The minimum Gasteiger partial charge on any atom is -0.493 e. The molecule has 0 aromatic heterocycles. The molecule has 0 aliphatic carbocycles. The molecule has 0 saturated carbocycles. The molecule has 0 spiro atoms. The van der Waals surface area contributed by atoms with Gasteiger partial charge in [-0.1, -0.05) is 24.3 Å². The van der Waals surface area contributed by atoms with Crippen molar-refractivity contribution in [3.63, 3.8) is 0 Å². The number of nitrogen functional groups attached to an aromatic ring is 1. The molecule has 2 aliphatic heterocycles. The van der Waals surface area contributed by atoms with Gasteiger partial charge in [0.2, 0.25) is 0 Å². The van der Waals surface area contributed by atoms with Crippen LogP contribution in [0.3, 0.4) is 0 Å². The van der Waals surface area contributed by atoms with Gasteiger partial charge in [0.05, 0.1) is 12.6 Å². The summed E-state index contributed by atoms with van der Waals surface area (Å²) in [6, 6.07) is 13.6. The van der Waals surface area contributed by atoms with Crippen molar-refractivity contribution >= 4 is 17.6 Å². The van der Waals surface area contributed by atoms with Crippen molar-refractivity contribution in [3.8, 4) is 5.75 Å². The highest BCUT2D eigenvalue weighted by molar-refractivity contribution is 5.94. The molecular formula is C24H31N5O3. The number of ether oxygens (including phenoxy) is 1. The summed E-state index contributed by atoms with van der Waals surface area (Å²) >= 11 is 0. The number of carboxylic acid groups (broad SMARTS) is 1. The fourth-order valence-corrected chi connectivity index (χ4v) is 4.50. The highest BCUT2D eigenvalue weighted by atomic mass is 16.5. The largest absolute Gasteiger partial charge is 0.493 e. The maximum Gasteiger partial charge on any atom is 0.432 e. The second kappa shape index (κ2) is 10.0. The number of piperidine rings is 1. The van der Waals surface area contributed by atoms with Crippen LogP contribution in [0.25, 0.3) is 0 Å². The number of anilines is 1. The van der Waals surface area contributed by atoms with Crippen LogP contribution in [0.2, 0.25) is 0 Å². The quantitative estimate of drug-likeness (QED) is 0.311. The summed E-state index contributed by atoms with van der Waals surface area (Å²) in [4.78, 5) is 16.9. The van der Waals surface area contributed by atoms with Crippen molar-refractivity contribution < 1.29 is 14.6 Å². The van der Waals surface area contributed by atoms with E-state index in [2.05, 4.69) is 21.3 Å². The molecule has 0 radical (unpaired) electrons. The van der Waals surface area contributed by atoms with E-state index in [9.17, 15) is 4.79 Å². The Hall–Kier alpha value is -3.10. The van der Waals surface area contributed by atoms with E-state index in [1.165, 1.54) is 5.56 Å². The second-order valence-electron chi connectivity index (χ2n) is 8.55. The Morgan fingerprint density at radius 1 is 1.22 bits per heavy atom. The van der Waals surface area contributed by atoms with Crippen molar-refractivity contribution in [2.45, 2.75) is 31.8 Å². The summed E-state index contributed by atoms with van der Waals surface area (Å²) in [7, 11) is 0. The van der Waals surface area contributed by atoms with Crippen LogP contribution < -0.4 is 21.5 Å². The van der Waals surface area contributed by atoms with Gasteiger partial charge in [-0.3, -0.25) is 4.90 Å². The zero-order valence-corrected chi connectivity index (χ0v) is 18.2. The topological polar surface area (TPSA) is 126 Å². The average molecular weight is 438 g/mol. The SMILES string of the molecule is NC(=NC(=O)O)C1NCCc2ccc(OCC3CCN(Cc4ccccc4N)CC3)cc21. The maximum absolute atomic E-state index is 10.9. The van der Waals surface area contributed by atoms with Crippen LogP contribution in [-0.4, -0.2) is 48.2 Å². The van der Waals surface area contributed by atoms with E-state index < -0.39 is 12.1 Å². The summed E-state index contributed by atoms with van der Waals surface area (Å²) in [5.74, 6) is 1.34. The van der Waals surface area contributed by atoms with Gasteiger partial charge in [-0.05, 0) is 73.2 Å². The van der Waals surface area contributed by atoms with E-state index in [4.69, 9.17) is 21.3 Å². The van der Waals surface area contributed by atoms with Gasteiger partial charge in [-0.15, -0.1) is 0 Å². The predicted molar refractivity (Wildman–Crippen MR) is 125 cm³/mol. The van der Waals surface area contributed by atoms with Gasteiger partial charge in [-0.2, -0.15) is 4.99 Å². The van der Waals surface area contributed by atoms with Crippen molar-refractivity contribution in [2.24, 2.45) is 16.6 Å². The van der Waals surface area contributed by atoms with E-state index in [-0.39, 0.29) is 5.84 Å². The first-order valence-electron chi connectivity index (χ1n) is 11.1. The van der Waals surface area contributed by atoms with E-state index in [0.717, 1.165) is 68.0 Å². The van der Waals surface area contributed by atoms with Crippen LogP contribution in [0.5, 0.6) is 5.75 Å². The average Bonchev–Trinajstić information content (AvgIpc) is 2.79. The molecule has 6 N–H and O–H groups in total. The van der Waals surface area contributed by atoms with Crippen LogP contribution in [0, 0.1) is 5.92 Å². The number of amides is 1. The van der Waals surface area contributed by atoms with Crippen LogP contribution in [0.1, 0.15) is 35.6 Å². The first-order valence-corrected chi connectivity index (χ1v) is 11.1. The Kier molecular flexibility index (Phi) is 6.92. The van der Waals surface area contributed by atoms with Crippen LogP contribution >= 0.6 is 0 Å². The molecule has 8 heteroatoms. The third kappa shape index (κ3) is 5.38. The van der Waals surface area contributed by atoms with Crippen molar-refractivity contribution in [3.05, 3.63) is 59.2 Å². The number of carbonyl (C=O) groups is 1. The van der Waals surface area contributed by atoms with Gasteiger partial charge in [0, 0.05) is 18.8 Å². The lowest BCUT2D eigenvalue weighted by Gasteiger charge is -2.32. The molecule has 2 aliphatic rings. The molecule has 32 heavy (non-hydrogen) atoms. The number of aliphatic imine (C=N–C) groups is 1. The Labute approximate surface area is 188 Å². The fourth-order valence-electron chi connectivity index (χ4n) is 4.50. The zero-order chi connectivity index (χ0) is 22.5. The van der Waals surface area contributed by atoms with E-state index in [1.54, 1.807) is 0 Å². The molecule has 1 amide bonds. The molecule has 1 fully saturated rings. The summed E-state index contributed by atoms with van der Waals surface area (Å²) in [5.41, 5.74) is 16.1. The maximum atomic E-state index is 10.9. The number of benzene rings is 2. The molecular weight excluding hydrogens is 406 g/mol. The van der Waals surface area contributed by atoms with Crippen LogP contribution in [-0.2, 0) is 13.0 Å². The number of rotatable bonds is 6. The molecule has 1 unspecified atom stereocenters. The summed E-state index contributed by atoms with van der Waals surface area (Å²) in [5, 5.41) is 12.2. The van der Waals surface area contributed by atoms with E-state index in [0.29, 0.717) is 12.5 Å². The first-order chi connectivity index (χ1) is 15.5. The number of nitrogens with zero attached hydrogens (tertiary/aromatic N) is 2. The van der Waals surface area contributed by atoms with E-state index in [1.807, 2.05) is 36.4 Å². The van der Waals surface area contributed by atoms with Gasteiger partial charge in [-0.25, -0.2) is 4.79 Å². The molecule has 1 atom stereocenters. The Balaban J connectivity index is 1.32. The van der Waals surface area contributed by atoms with Crippen molar-refractivity contribution in [2.75, 3.05) is 32.0 Å². The lowest BCUT2D eigenvalue weighted by atomic mass is 9.93. The third-order valence-corrected chi connectivity index (χ3v) is 6.33. The number of hydrogen-bond donors (Lipinski definition) is 4. The van der Waals surface area contributed by atoms with Gasteiger partial charge >= 0.3 is 6.09 Å². The summed E-state index contributed by atoms with van der Waals surface area (Å²) in [6.07, 6.45) is 1.74. The standard InChI is InChI=1S/C24H31N5O3/c25-21-4-2-1-3-18(21)14-29-11-8-16(9-12-29)15-32-19-6-5-17-7-10-27-22(20(17)13-19)23(26)28-24(30)31/h1-6,13,16,22,27H,7-12,14-15,25H2,(H2,26,28)(H,30,31). The summed E-state index contributed by atoms with van der Waals surface area (Å²) in [6.45, 7) is 4.33. The van der Waals surface area contributed by atoms with E-state index >= 15 is 0 Å². The predicted octanol–water partition coefficient (Wildman–Crippen LogP) is 2.78. The zero-order valence-electron chi connectivity index (χ0n) is 18.2. The Bertz CT molecular complexity index is 985. The van der Waals surface area contributed by atoms with Gasteiger partial charge in [0.15, 0.2) is 0 Å². The van der Waals surface area contributed by atoms with Gasteiger partial charge in [0.25, 0.3) is 0 Å². The molecule has 8 nitrogen and oxygen atoms in total. The van der Waals surface area contributed by atoms with Gasteiger partial charge < -0.3 is 26.6 Å². The van der Waals surface area contributed by atoms with Crippen molar-refractivity contribution in [1.82, 2.24) is 10.2 Å². The number of amidine groups is 1. The number of fused-ring (bicyclic) bond motifs is 1. The van der Waals surface area contributed by atoms with Crippen LogP contribution in [0.4, 0.5) is 10.5 Å². The highest BCUT2D eigenvalue weighted by Gasteiger charge is 2.25. The smallest absolute Gasteiger partial charge is 0.432 e. The highest BCUT2D eigenvalue weighted by Crippen LogP contribution is 2.29.